The molecule has 2 unspecified atom stereocenters. The molecule has 0 aromatic carbocycles. The largest absolute Gasteiger partial charge is 0.396 e. The van der Waals surface area contributed by atoms with Crippen LogP contribution in [-0.4, -0.2) is 57.3 Å². The van der Waals surface area contributed by atoms with E-state index >= 15 is 0 Å². The highest BCUT2D eigenvalue weighted by atomic mass is 32.2. The molecule has 1 saturated heterocycles. The first kappa shape index (κ1) is 14.2. The molecule has 2 N–H and O–H groups in total. The maximum absolute atomic E-state index is 12.0. The van der Waals surface area contributed by atoms with Crippen molar-refractivity contribution in [2.45, 2.75) is 19.3 Å². The average Bonchev–Trinajstić information content (AvgIpc) is 2.85. The zero-order valence-electron chi connectivity index (χ0n) is 10.5. The normalized spacial score (nSPS) is 30.7. The second-order valence-electron chi connectivity index (χ2n) is 5.00. The van der Waals surface area contributed by atoms with E-state index in [0.29, 0.717) is 32.8 Å². The number of nitrogens with zero attached hydrogens (tertiary/aromatic N) is 1. The number of nitrogens with one attached hydrogen (secondary N) is 1. The Morgan fingerprint density at radius 1 is 1.22 bits per heavy atom. The van der Waals surface area contributed by atoms with Crippen LogP contribution < -0.4 is 4.72 Å². The van der Waals surface area contributed by atoms with Crippen molar-refractivity contribution in [1.29, 1.82) is 0 Å². The Morgan fingerprint density at radius 3 is 2.56 bits per heavy atom. The lowest BCUT2D eigenvalue weighted by molar-refractivity contribution is 0.0723. The van der Waals surface area contributed by atoms with Gasteiger partial charge in [-0.2, -0.15) is 12.7 Å². The monoisotopic (exact) mass is 278 g/mol. The summed E-state index contributed by atoms with van der Waals surface area (Å²) in [6.07, 6.45) is 3.08. The molecular formula is C11H22N2O4S. The average molecular weight is 278 g/mol. The Bertz CT molecular complexity index is 354. The Labute approximate surface area is 108 Å². The van der Waals surface area contributed by atoms with E-state index in [1.165, 1.54) is 4.31 Å². The molecule has 0 radical (unpaired) electrons. The lowest BCUT2D eigenvalue weighted by Crippen LogP contribution is -2.47. The molecule has 1 saturated carbocycles. The van der Waals surface area contributed by atoms with Crippen molar-refractivity contribution < 1.29 is 18.3 Å². The van der Waals surface area contributed by atoms with E-state index in [1.807, 2.05) is 0 Å². The van der Waals surface area contributed by atoms with Gasteiger partial charge >= 0.3 is 0 Å². The zero-order chi connectivity index (χ0) is 13.0. The lowest BCUT2D eigenvalue weighted by Gasteiger charge is -2.27. The van der Waals surface area contributed by atoms with Gasteiger partial charge in [-0.1, -0.05) is 6.42 Å². The van der Waals surface area contributed by atoms with Crippen molar-refractivity contribution in [3.63, 3.8) is 0 Å². The minimum atomic E-state index is -3.38. The summed E-state index contributed by atoms with van der Waals surface area (Å²) in [6.45, 7) is 2.36. The third-order valence-corrected chi connectivity index (χ3v) is 5.47. The standard InChI is InChI=1S/C11H22N2O4S/c14-9-11-3-1-2-10(11)8-12-18(15,16)13-4-6-17-7-5-13/h10-12,14H,1-9H2. The molecule has 18 heavy (non-hydrogen) atoms. The quantitative estimate of drug-likeness (QED) is 0.715. The smallest absolute Gasteiger partial charge is 0.279 e. The summed E-state index contributed by atoms with van der Waals surface area (Å²) in [4.78, 5) is 0. The van der Waals surface area contributed by atoms with Crippen LogP contribution in [0.2, 0.25) is 0 Å². The predicted molar refractivity (Wildman–Crippen MR) is 67.2 cm³/mol. The van der Waals surface area contributed by atoms with Gasteiger partial charge in [0, 0.05) is 26.2 Å². The van der Waals surface area contributed by atoms with Gasteiger partial charge < -0.3 is 9.84 Å². The molecule has 0 aromatic rings. The van der Waals surface area contributed by atoms with E-state index in [1.54, 1.807) is 0 Å². The fourth-order valence-electron chi connectivity index (χ4n) is 2.71. The molecule has 0 spiro atoms. The number of aliphatic hydroxyl groups excluding tert-OH is 1. The molecular weight excluding hydrogens is 256 g/mol. The zero-order valence-corrected chi connectivity index (χ0v) is 11.4. The van der Waals surface area contributed by atoms with Crippen LogP contribution in [0.4, 0.5) is 0 Å². The number of hydrogen-bond donors (Lipinski definition) is 2. The highest BCUT2D eigenvalue weighted by Gasteiger charge is 2.30. The van der Waals surface area contributed by atoms with Crippen LogP contribution in [-0.2, 0) is 14.9 Å². The summed E-state index contributed by atoms with van der Waals surface area (Å²) in [5.41, 5.74) is 0. The number of morpholine rings is 1. The van der Waals surface area contributed by atoms with Gasteiger partial charge in [-0.15, -0.1) is 0 Å². The van der Waals surface area contributed by atoms with E-state index < -0.39 is 10.2 Å². The molecule has 106 valence electrons. The van der Waals surface area contributed by atoms with E-state index in [0.717, 1.165) is 19.3 Å². The first-order valence-electron chi connectivity index (χ1n) is 6.57. The number of aliphatic hydroxyl groups is 1. The molecule has 6 nitrogen and oxygen atoms in total. The van der Waals surface area contributed by atoms with Crippen LogP contribution in [0.1, 0.15) is 19.3 Å². The second kappa shape index (κ2) is 6.29. The van der Waals surface area contributed by atoms with Crippen molar-refractivity contribution in [2.75, 3.05) is 39.5 Å². The summed E-state index contributed by atoms with van der Waals surface area (Å²) >= 11 is 0. The Kier molecular flexibility index (Phi) is 4.97. The van der Waals surface area contributed by atoms with Gasteiger partial charge in [0.25, 0.3) is 10.2 Å². The van der Waals surface area contributed by atoms with E-state index in [2.05, 4.69) is 4.72 Å². The molecule has 2 aliphatic rings. The maximum atomic E-state index is 12.0. The minimum absolute atomic E-state index is 0.157. The molecule has 2 fully saturated rings. The number of ether oxygens (including phenoxy) is 1. The lowest BCUT2D eigenvalue weighted by atomic mass is 9.97. The van der Waals surface area contributed by atoms with Gasteiger partial charge in [-0.3, -0.25) is 0 Å². The summed E-state index contributed by atoms with van der Waals surface area (Å²) in [5, 5.41) is 9.21. The fourth-order valence-corrected chi connectivity index (χ4v) is 3.95. The predicted octanol–water partition coefficient (Wildman–Crippen LogP) is -0.438. The Morgan fingerprint density at radius 2 is 1.89 bits per heavy atom. The van der Waals surface area contributed by atoms with E-state index in [-0.39, 0.29) is 18.4 Å². The van der Waals surface area contributed by atoms with Gasteiger partial charge in [0.1, 0.15) is 0 Å². The van der Waals surface area contributed by atoms with Crippen LogP contribution in [0.25, 0.3) is 0 Å². The van der Waals surface area contributed by atoms with Crippen LogP contribution >= 0.6 is 0 Å². The fraction of sp³-hybridized carbons (Fsp3) is 1.00. The summed E-state index contributed by atoms with van der Waals surface area (Å²) in [7, 11) is -3.38. The molecule has 1 heterocycles. The minimum Gasteiger partial charge on any atom is -0.396 e. The van der Waals surface area contributed by atoms with Crippen molar-refractivity contribution >= 4 is 10.2 Å². The van der Waals surface area contributed by atoms with Crippen molar-refractivity contribution in [3.05, 3.63) is 0 Å². The molecule has 7 heteroatoms. The Hall–Kier alpha value is -0.210. The van der Waals surface area contributed by atoms with Crippen LogP contribution in [0.15, 0.2) is 0 Å². The van der Waals surface area contributed by atoms with Gasteiger partial charge in [0.15, 0.2) is 0 Å². The van der Waals surface area contributed by atoms with Crippen LogP contribution in [0.5, 0.6) is 0 Å². The molecule has 0 amide bonds. The first-order valence-corrected chi connectivity index (χ1v) is 8.01. The van der Waals surface area contributed by atoms with Gasteiger partial charge in [-0.25, -0.2) is 4.72 Å². The SMILES string of the molecule is O=S(=O)(NCC1CCCC1CO)N1CCOCC1. The van der Waals surface area contributed by atoms with Gasteiger partial charge in [-0.05, 0) is 24.7 Å². The highest BCUT2D eigenvalue weighted by molar-refractivity contribution is 7.87. The number of rotatable bonds is 5. The van der Waals surface area contributed by atoms with Crippen LogP contribution in [0.3, 0.4) is 0 Å². The van der Waals surface area contributed by atoms with E-state index in [9.17, 15) is 13.5 Å². The molecule has 0 bridgehead atoms. The first-order chi connectivity index (χ1) is 8.63. The van der Waals surface area contributed by atoms with Crippen molar-refractivity contribution in [3.8, 4) is 0 Å². The molecule has 1 aliphatic heterocycles. The molecule has 0 aromatic heterocycles. The maximum Gasteiger partial charge on any atom is 0.279 e. The topological polar surface area (TPSA) is 78.9 Å². The van der Waals surface area contributed by atoms with Crippen molar-refractivity contribution in [2.24, 2.45) is 11.8 Å². The summed E-state index contributed by atoms with van der Waals surface area (Å²) in [6, 6.07) is 0. The number of hydrogen-bond acceptors (Lipinski definition) is 4. The highest BCUT2D eigenvalue weighted by Crippen LogP contribution is 2.30. The van der Waals surface area contributed by atoms with Gasteiger partial charge in [0.05, 0.1) is 13.2 Å². The summed E-state index contributed by atoms with van der Waals surface area (Å²) in [5.74, 6) is 0.517. The third kappa shape index (κ3) is 3.42. The summed E-state index contributed by atoms with van der Waals surface area (Å²) < 4.78 is 33.3. The van der Waals surface area contributed by atoms with Gasteiger partial charge in [0.2, 0.25) is 0 Å². The molecule has 2 rings (SSSR count). The Balaban J connectivity index is 1.84. The van der Waals surface area contributed by atoms with E-state index in [4.69, 9.17) is 4.74 Å². The molecule has 2 atom stereocenters. The second-order valence-corrected chi connectivity index (χ2v) is 6.75. The molecule has 1 aliphatic carbocycles. The third-order valence-electron chi connectivity index (χ3n) is 3.89. The van der Waals surface area contributed by atoms with Crippen LogP contribution in [0, 0.1) is 11.8 Å². The van der Waals surface area contributed by atoms with Crippen molar-refractivity contribution in [1.82, 2.24) is 9.03 Å².